The van der Waals surface area contributed by atoms with Gasteiger partial charge in [-0.1, -0.05) is 23.7 Å². The molecule has 5 nitrogen and oxygen atoms in total. The molecule has 0 radical (unpaired) electrons. The third kappa shape index (κ3) is 3.79. The molecule has 0 bridgehead atoms. The van der Waals surface area contributed by atoms with E-state index in [-0.39, 0.29) is 17.9 Å². The number of nitrogens with one attached hydrogen (secondary N) is 2. The molecule has 0 spiro atoms. The zero-order valence-electron chi connectivity index (χ0n) is 13.7. The first kappa shape index (κ1) is 17.0. The maximum Gasteiger partial charge on any atom is 0.228 e. The smallest absolute Gasteiger partial charge is 0.228 e. The summed E-state index contributed by atoms with van der Waals surface area (Å²) < 4.78 is 5.20. The van der Waals surface area contributed by atoms with Crippen LogP contribution in [0.15, 0.2) is 30.5 Å². The number of rotatable bonds is 6. The average molecular weight is 348 g/mol. The number of hydrogen-bond donors (Lipinski definition) is 2. The number of aryl methyl sites for hydroxylation is 1. The van der Waals surface area contributed by atoms with Crippen molar-refractivity contribution in [1.82, 2.24) is 15.5 Å². The summed E-state index contributed by atoms with van der Waals surface area (Å²) in [4.78, 5) is 12.9. The van der Waals surface area contributed by atoms with Crippen molar-refractivity contribution in [3.05, 3.63) is 52.3 Å². The molecule has 1 heterocycles. The minimum atomic E-state index is -0.134. The van der Waals surface area contributed by atoms with E-state index in [9.17, 15) is 4.79 Å². The molecule has 1 amide bonds. The molecule has 1 aliphatic carbocycles. The number of nitrogens with zero attached hydrogens (tertiary/aromatic N) is 1. The van der Waals surface area contributed by atoms with Gasteiger partial charge >= 0.3 is 0 Å². The van der Waals surface area contributed by atoms with Gasteiger partial charge in [-0.2, -0.15) is 5.10 Å². The van der Waals surface area contributed by atoms with E-state index in [4.69, 9.17) is 16.3 Å². The van der Waals surface area contributed by atoms with Gasteiger partial charge in [0.1, 0.15) is 0 Å². The molecule has 0 unspecified atom stereocenters. The lowest BCUT2D eigenvalue weighted by atomic mass is 9.86. The lowest BCUT2D eigenvalue weighted by molar-refractivity contribution is -0.123. The van der Waals surface area contributed by atoms with Crippen molar-refractivity contribution >= 4 is 17.5 Å². The number of hydrogen-bond acceptors (Lipinski definition) is 3. The highest BCUT2D eigenvalue weighted by Crippen LogP contribution is 2.31. The molecule has 2 atom stereocenters. The molecular weight excluding hydrogens is 326 g/mol. The molecule has 1 aromatic heterocycles. The van der Waals surface area contributed by atoms with Crippen molar-refractivity contribution < 1.29 is 9.53 Å². The van der Waals surface area contributed by atoms with Crippen LogP contribution in [0.1, 0.15) is 48.0 Å². The van der Waals surface area contributed by atoms with Crippen LogP contribution in [0.2, 0.25) is 5.02 Å². The minimum absolute atomic E-state index is 0.0494. The lowest BCUT2D eigenvalue weighted by Crippen LogP contribution is -2.34. The lowest BCUT2D eigenvalue weighted by Gasteiger charge is -2.25. The van der Waals surface area contributed by atoms with Crippen LogP contribution in [0.4, 0.5) is 0 Å². The summed E-state index contributed by atoms with van der Waals surface area (Å²) in [5, 5.41) is 11.0. The molecule has 6 heteroatoms. The topological polar surface area (TPSA) is 67.0 Å². The molecule has 24 heavy (non-hydrogen) atoms. The molecule has 128 valence electrons. The zero-order chi connectivity index (χ0) is 16.9. The van der Waals surface area contributed by atoms with E-state index < -0.39 is 0 Å². The Morgan fingerprint density at radius 3 is 3.00 bits per heavy atom. The van der Waals surface area contributed by atoms with Crippen LogP contribution >= 0.6 is 11.6 Å². The van der Waals surface area contributed by atoms with E-state index in [0.29, 0.717) is 11.6 Å². The molecule has 0 fully saturated rings. The number of halogens is 1. The van der Waals surface area contributed by atoms with E-state index in [1.165, 1.54) is 0 Å². The van der Waals surface area contributed by atoms with E-state index in [1.54, 1.807) is 13.3 Å². The van der Waals surface area contributed by atoms with Gasteiger partial charge in [0, 0.05) is 30.0 Å². The predicted molar refractivity (Wildman–Crippen MR) is 93.1 cm³/mol. The van der Waals surface area contributed by atoms with Crippen molar-refractivity contribution in [1.29, 1.82) is 0 Å². The van der Waals surface area contributed by atoms with Crippen molar-refractivity contribution in [3.63, 3.8) is 0 Å². The Hall–Kier alpha value is -1.85. The summed E-state index contributed by atoms with van der Waals surface area (Å²) in [6.45, 7) is 0.579. The van der Waals surface area contributed by atoms with Gasteiger partial charge in [-0.25, -0.2) is 0 Å². The largest absolute Gasteiger partial charge is 0.385 e. The molecule has 1 aliphatic rings. The van der Waals surface area contributed by atoms with Crippen LogP contribution in [-0.2, 0) is 16.0 Å². The van der Waals surface area contributed by atoms with Gasteiger partial charge in [-0.3, -0.25) is 9.89 Å². The maximum absolute atomic E-state index is 12.9. The van der Waals surface area contributed by atoms with Crippen LogP contribution < -0.4 is 5.32 Å². The number of methoxy groups -OCH3 is 1. The first-order valence-electron chi connectivity index (χ1n) is 8.26. The molecule has 2 aromatic rings. The molecule has 2 N–H and O–H groups in total. The van der Waals surface area contributed by atoms with Gasteiger partial charge in [-0.05, 0) is 43.4 Å². The standard InChI is InChI=1S/C18H22ClN3O2/c1-24-10-9-16(12-5-7-13(19)8-6-12)21-18(23)14-3-2-4-17-15(14)11-20-22-17/h5-8,11,14,16H,2-4,9-10H2,1H3,(H,20,22)(H,21,23)/t14-,16-/m1/s1. The highest BCUT2D eigenvalue weighted by Gasteiger charge is 2.29. The van der Waals surface area contributed by atoms with Gasteiger partial charge in [0.2, 0.25) is 5.91 Å². The quantitative estimate of drug-likeness (QED) is 0.841. The van der Waals surface area contributed by atoms with Crippen LogP contribution in [-0.4, -0.2) is 29.8 Å². The Balaban J connectivity index is 1.75. The number of aromatic nitrogens is 2. The number of fused-ring (bicyclic) bond motifs is 1. The van der Waals surface area contributed by atoms with Crippen LogP contribution in [0.5, 0.6) is 0 Å². The number of carbonyl (C=O) groups excluding carboxylic acids is 1. The molecule has 0 saturated heterocycles. The van der Waals surface area contributed by atoms with E-state index in [1.807, 2.05) is 24.3 Å². The fraction of sp³-hybridized carbons (Fsp3) is 0.444. The Morgan fingerprint density at radius 2 is 2.25 bits per heavy atom. The van der Waals surface area contributed by atoms with Crippen molar-refractivity contribution in [2.75, 3.05) is 13.7 Å². The van der Waals surface area contributed by atoms with Gasteiger partial charge in [0.15, 0.2) is 0 Å². The predicted octanol–water partition coefficient (Wildman–Crippen LogP) is 3.38. The second kappa shape index (κ2) is 7.81. The van der Waals surface area contributed by atoms with Gasteiger partial charge < -0.3 is 10.1 Å². The fourth-order valence-electron chi connectivity index (χ4n) is 3.26. The normalized spacial score (nSPS) is 18.0. The third-order valence-electron chi connectivity index (χ3n) is 4.56. The SMILES string of the molecule is COCC[C@@H](NC(=O)[C@@H]1CCCc2[nH]ncc21)c1ccc(Cl)cc1. The summed E-state index contributed by atoms with van der Waals surface area (Å²) >= 11 is 5.97. The molecule has 1 aromatic carbocycles. The maximum atomic E-state index is 12.9. The Kier molecular flexibility index (Phi) is 5.53. The summed E-state index contributed by atoms with van der Waals surface area (Å²) in [6, 6.07) is 7.50. The minimum Gasteiger partial charge on any atom is -0.385 e. The van der Waals surface area contributed by atoms with Crippen molar-refractivity contribution in [2.24, 2.45) is 0 Å². The Morgan fingerprint density at radius 1 is 1.46 bits per heavy atom. The summed E-state index contributed by atoms with van der Waals surface area (Å²) in [7, 11) is 1.67. The molecule has 0 aliphatic heterocycles. The number of H-pyrrole nitrogens is 1. The van der Waals surface area contributed by atoms with Crippen LogP contribution in [0.25, 0.3) is 0 Å². The monoisotopic (exact) mass is 347 g/mol. The Labute approximate surface area is 146 Å². The summed E-state index contributed by atoms with van der Waals surface area (Å²) in [5.41, 5.74) is 3.15. The first-order valence-corrected chi connectivity index (χ1v) is 8.63. The number of benzene rings is 1. The van der Waals surface area contributed by atoms with Crippen molar-refractivity contribution in [3.8, 4) is 0 Å². The van der Waals surface area contributed by atoms with Crippen LogP contribution in [0.3, 0.4) is 0 Å². The van der Waals surface area contributed by atoms with E-state index in [2.05, 4.69) is 15.5 Å². The second-order valence-corrected chi connectivity index (χ2v) is 6.58. The van der Waals surface area contributed by atoms with Gasteiger partial charge in [-0.15, -0.1) is 0 Å². The number of amides is 1. The zero-order valence-corrected chi connectivity index (χ0v) is 14.5. The molecular formula is C18H22ClN3O2. The number of carbonyl (C=O) groups is 1. The fourth-order valence-corrected chi connectivity index (χ4v) is 3.38. The highest BCUT2D eigenvalue weighted by atomic mass is 35.5. The van der Waals surface area contributed by atoms with Crippen LogP contribution in [0, 0.1) is 0 Å². The average Bonchev–Trinajstić information content (AvgIpc) is 3.08. The van der Waals surface area contributed by atoms with E-state index in [0.717, 1.165) is 42.5 Å². The second-order valence-electron chi connectivity index (χ2n) is 6.14. The first-order chi connectivity index (χ1) is 11.7. The highest BCUT2D eigenvalue weighted by molar-refractivity contribution is 6.30. The summed E-state index contributed by atoms with van der Waals surface area (Å²) in [5.74, 6) is -0.0850. The van der Waals surface area contributed by atoms with Gasteiger partial charge in [0.25, 0.3) is 0 Å². The van der Waals surface area contributed by atoms with Crippen molar-refractivity contribution in [2.45, 2.75) is 37.6 Å². The molecule has 0 saturated carbocycles. The Bertz CT molecular complexity index is 684. The molecule has 3 rings (SSSR count). The van der Waals surface area contributed by atoms with Gasteiger partial charge in [0.05, 0.1) is 18.2 Å². The van der Waals surface area contributed by atoms with E-state index >= 15 is 0 Å². The number of ether oxygens (including phenoxy) is 1. The summed E-state index contributed by atoms with van der Waals surface area (Å²) in [6.07, 6.45) is 5.32. The third-order valence-corrected chi connectivity index (χ3v) is 4.81. The number of aromatic amines is 1.